The highest BCUT2D eigenvalue weighted by Crippen LogP contribution is 1.88. The van der Waals surface area contributed by atoms with E-state index >= 15 is 0 Å². The van der Waals surface area contributed by atoms with E-state index in [0.717, 1.165) is 0 Å². The molecule has 3 heteroatoms. The molecule has 0 saturated carbocycles. The minimum atomic E-state index is 0. The summed E-state index contributed by atoms with van der Waals surface area (Å²) >= 11 is 0. The van der Waals surface area contributed by atoms with Crippen LogP contribution in [0.2, 0.25) is 0 Å². The smallest absolute Gasteiger partial charge is 0.00686 e. The molecule has 0 aromatic heterocycles. The third-order valence-electron chi connectivity index (χ3n) is 0.167. The van der Waals surface area contributed by atoms with Crippen LogP contribution in [-0.2, 0) is 0 Å². The van der Waals surface area contributed by atoms with Gasteiger partial charge in [-0.05, 0) is 20.8 Å². The first kappa shape index (κ1) is 11.6. The third-order valence-corrected chi connectivity index (χ3v) is 0.167. The van der Waals surface area contributed by atoms with E-state index in [4.69, 9.17) is 17.2 Å². The Bertz CT molecular complexity index is 38.8. The van der Waals surface area contributed by atoms with Crippen molar-refractivity contribution in [2.24, 2.45) is 17.2 Å². The quantitative estimate of drug-likeness (QED) is 0.457. The molecule has 3 nitrogen and oxygen atoms in total. The zero-order valence-corrected chi connectivity index (χ0v) is 6.65. The predicted octanol–water partition coefficient (Wildman–Crippen LogP) is -0.353. The van der Waals surface area contributed by atoms with Crippen LogP contribution in [0.25, 0.3) is 0 Å². The maximum atomic E-state index is 5.35. The molecule has 6 N–H and O–H groups in total. The zero-order valence-electron chi connectivity index (χ0n) is 6.65. The van der Waals surface area contributed by atoms with Crippen LogP contribution in [0.1, 0.15) is 20.8 Å². The fraction of sp³-hybridized carbons (Fsp3) is 1.00. The second-order valence-corrected chi connectivity index (χ2v) is 2.94. The van der Waals surface area contributed by atoms with Crippen molar-refractivity contribution >= 4 is 0 Å². The van der Waals surface area contributed by atoms with E-state index in [9.17, 15) is 0 Å². The number of hydrogen-bond acceptors (Lipinski definition) is 3. The van der Waals surface area contributed by atoms with Gasteiger partial charge in [0.1, 0.15) is 0 Å². The topological polar surface area (TPSA) is 78.1 Å². The van der Waals surface area contributed by atoms with Crippen LogP contribution in [0.3, 0.4) is 0 Å². The lowest BCUT2D eigenvalue weighted by atomic mass is 10.1. The number of rotatable bonds is 1. The Morgan fingerprint density at radius 1 is 1.00 bits per heavy atom. The van der Waals surface area contributed by atoms with Crippen molar-refractivity contribution < 1.29 is 0 Å². The van der Waals surface area contributed by atoms with Gasteiger partial charge in [0.2, 0.25) is 0 Å². The van der Waals surface area contributed by atoms with Crippen LogP contribution in [-0.4, -0.2) is 18.6 Å². The molecule has 58 valence electrons. The summed E-state index contributed by atoms with van der Waals surface area (Å²) in [7, 11) is 0. The van der Waals surface area contributed by atoms with Crippen LogP contribution >= 0.6 is 0 Å². The fourth-order valence-electron chi connectivity index (χ4n) is 0. The molecule has 0 amide bonds. The summed E-state index contributed by atoms with van der Waals surface area (Å²) in [5.74, 6) is 0. The highest BCUT2D eigenvalue weighted by atomic mass is 14.7. The molecule has 0 saturated heterocycles. The van der Waals surface area contributed by atoms with Crippen LogP contribution in [0.4, 0.5) is 0 Å². The molecular weight excluding hydrogens is 114 g/mol. The van der Waals surface area contributed by atoms with Crippen LogP contribution in [0, 0.1) is 0 Å². The molecule has 0 aliphatic heterocycles. The minimum Gasteiger partial charge on any atom is -0.329 e. The molecule has 0 heterocycles. The Morgan fingerprint density at radius 3 is 1.11 bits per heavy atom. The van der Waals surface area contributed by atoms with Crippen molar-refractivity contribution in [1.29, 1.82) is 0 Å². The van der Waals surface area contributed by atoms with Crippen LogP contribution in [0.15, 0.2) is 0 Å². The Kier molecular flexibility index (Phi) is 7.77. The van der Waals surface area contributed by atoms with Crippen LogP contribution in [0.5, 0.6) is 0 Å². The second-order valence-electron chi connectivity index (χ2n) is 2.94. The molecule has 0 aliphatic carbocycles. The summed E-state index contributed by atoms with van der Waals surface area (Å²) in [5.41, 5.74) is 15.2. The third kappa shape index (κ3) is 352. The lowest BCUT2D eigenvalue weighted by Crippen LogP contribution is -2.26. The summed E-state index contributed by atoms with van der Waals surface area (Å²) < 4.78 is 0. The van der Waals surface area contributed by atoms with Gasteiger partial charge in [-0.2, -0.15) is 0 Å². The van der Waals surface area contributed by atoms with Crippen molar-refractivity contribution in [3.63, 3.8) is 0 Å². The van der Waals surface area contributed by atoms with Gasteiger partial charge in [-0.15, -0.1) is 0 Å². The number of hydrogen-bond donors (Lipinski definition) is 3. The van der Waals surface area contributed by atoms with E-state index in [1.807, 2.05) is 20.8 Å². The van der Waals surface area contributed by atoms with Gasteiger partial charge >= 0.3 is 0 Å². The molecule has 9 heavy (non-hydrogen) atoms. The van der Waals surface area contributed by atoms with Gasteiger partial charge in [0.25, 0.3) is 0 Å². The lowest BCUT2D eigenvalue weighted by Gasteiger charge is -2.06. The summed E-state index contributed by atoms with van der Waals surface area (Å²) in [6, 6.07) is 0. The molecule has 0 unspecified atom stereocenters. The van der Waals surface area contributed by atoms with Gasteiger partial charge in [-0.1, -0.05) is 0 Å². The Balaban J connectivity index is 0. The molecule has 0 radical (unpaired) electrons. The van der Waals surface area contributed by atoms with Gasteiger partial charge < -0.3 is 17.2 Å². The van der Waals surface area contributed by atoms with Gasteiger partial charge in [0, 0.05) is 18.6 Å². The van der Waals surface area contributed by atoms with E-state index < -0.39 is 0 Å². The largest absolute Gasteiger partial charge is 0.329 e. The molecule has 0 atom stereocenters. The molecule has 0 aromatic rings. The Hall–Kier alpha value is -0.120. The Labute approximate surface area is 57.6 Å². The summed E-state index contributed by atoms with van der Waals surface area (Å²) in [4.78, 5) is 0. The maximum Gasteiger partial charge on any atom is 0.00686 e. The van der Waals surface area contributed by atoms with Gasteiger partial charge in [-0.3, -0.25) is 0 Å². The molecule has 0 aromatic carbocycles. The molecule has 0 spiro atoms. The van der Waals surface area contributed by atoms with Crippen molar-refractivity contribution in [2.75, 3.05) is 13.1 Å². The van der Waals surface area contributed by atoms with E-state index in [-0.39, 0.29) is 5.54 Å². The highest BCUT2D eigenvalue weighted by molar-refractivity contribution is 4.60. The second kappa shape index (κ2) is 6.01. The standard InChI is InChI=1S/C4H11N.C2H8N2/c1-4(2,3)5;3-1-2-4/h5H2,1-3H3;1-4H2. The van der Waals surface area contributed by atoms with Crippen molar-refractivity contribution in [3.05, 3.63) is 0 Å². The average Bonchev–Trinajstić information content (AvgIpc) is 1.61. The molecule has 0 aliphatic rings. The van der Waals surface area contributed by atoms with Crippen molar-refractivity contribution in [1.82, 2.24) is 0 Å². The van der Waals surface area contributed by atoms with Gasteiger partial charge in [0.05, 0.1) is 0 Å². The van der Waals surface area contributed by atoms with Crippen molar-refractivity contribution in [3.8, 4) is 0 Å². The fourth-order valence-corrected chi connectivity index (χ4v) is 0. The maximum absolute atomic E-state index is 5.35. The normalized spacial score (nSPS) is 10.0. The van der Waals surface area contributed by atoms with Crippen LogP contribution < -0.4 is 17.2 Å². The summed E-state index contributed by atoms with van der Waals surface area (Å²) in [6.45, 7) is 7.09. The average molecular weight is 133 g/mol. The minimum absolute atomic E-state index is 0. The summed E-state index contributed by atoms with van der Waals surface area (Å²) in [6.07, 6.45) is 0. The first-order valence-electron chi connectivity index (χ1n) is 3.11. The van der Waals surface area contributed by atoms with E-state index in [0.29, 0.717) is 13.1 Å². The molecule has 0 bridgehead atoms. The van der Waals surface area contributed by atoms with Gasteiger partial charge in [-0.25, -0.2) is 0 Å². The molecule has 0 rings (SSSR count). The lowest BCUT2D eigenvalue weighted by molar-refractivity contribution is 0.580. The molecule has 0 fully saturated rings. The van der Waals surface area contributed by atoms with E-state index in [1.165, 1.54) is 0 Å². The molecular formula is C6H19N3. The number of nitrogens with two attached hydrogens (primary N) is 3. The van der Waals surface area contributed by atoms with Gasteiger partial charge in [0.15, 0.2) is 0 Å². The first-order valence-corrected chi connectivity index (χ1v) is 3.11. The predicted molar refractivity (Wildman–Crippen MR) is 42.0 cm³/mol. The zero-order chi connectivity index (χ0) is 7.91. The highest BCUT2D eigenvalue weighted by Gasteiger charge is 1.95. The first-order chi connectivity index (χ1) is 3.91. The van der Waals surface area contributed by atoms with E-state index in [2.05, 4.69) is 0 Å². The van der Waals surface area contributed by atoms with E-state index in [1.54, 1.807) is 0 Å². The SMILES string of the molecule is CC(C)(C)N.NCCN. The monoisotopic (exact) mass is 133 g/mol. The Morgan fingerprint density at radius 2 is 1.11 bits per heavy atom. The van der Waals surface area contributed by atoms with Crippen molar-refractivity contribution in [2.45, 2.75) is 26.3 Å². The summed E-state index contributed by atoms with van der Waals surface area (Å²) in [5, 5.41) is 0.